The Hall–Kier alpha value is -1.28. The maximum absolute atomic E-state index is 10.5. The van der Waals surface area contributed by atoms with Crippen molar-refractivity contribution in [3.05, 3.63) is 48.6 Å². The van der Waals surface area contributed by atoms with E-state index in [2.05, 4.69) is 6.58 Å². The Kier molecular flexibility index (Phi) is 4.19. The third-order valence-electron chi connectivity index (χ3n) is 4.46. The van der Waals surface area contributed by atoms with E-state index in [1.165, 1.54) is 0 Å². The van der Waals surface area contributed by atoms with Crippen molar-refractivity contribution >= 4 is 0 Å². The molecule has 7 atom stereocenters. The van der Waals surface area contributed by atoms with Gasteiger partial charge in [0.05, 0.1) is 13.2 Å². The SMILES string of the molecule is C=CCO[C@@H]1[C@H]2OC3O[C@@H]1[C@H](O)[C@H](O3)[C@H]2OCc1ccccc1. The van der Waals surface area contributed by atoms with Crippen molar-refractivity contribution in [1.82, 2.24) is 0 Å². The van der Waals surface area contributed by atoms with E-state index < -0.39 is 37.0 Å². The summed E-state index contributed by atoms with van der Waals surface area (Å²) in [6.07, 6.45) is -1.21. The average molecular weight is 320 g/mol. The van der Waals surface area contributed by atoms with Gasteiger partial charge in [-0.3, -0.25) is 0 Å². The van der Waals surface area contributed by atoms with Crippen molar-refractivity contribution in [3.63, 3.8) is 0 Å². The average Bonchev–Trinajstić information content (AvgIpc) is 2.58. The summed E-state index contributed by atoms with van der Waals surface area (Å²) in [5, 5.41) is 10.5. The molecule has 1 aliphatic carbocycles. The fraction of sp³-hybridized carbons (Fsp3) is 0.529. The third kappa shape index (κ3) is 2.71. The Morgan fingerprint density at radius 2 is 1.65 bits per heavy atom. The molecular formula is C17H20O6. The van der Waals surface area contributed by atoms with Gasteiger partial charge in [0, 0.05) is 0 Å². The van der Waals surface area contributed by atoms with Gasteiger partial charge in [0.1, 0.15) is 36.6 Å². The Balaban J connectivity index is 1.50. The largest absolute Gasteiger partial charge is 0.387 e. The van der Waals surface area contributed by atoms with Gasteiger partial charge in [-0.25, -0.2) is 0 Å². The van der Waals surface area contributed by atoms with Crippen LogP contribution in [0, 0.1) is 0 Å². The van der Waals surface area contributed by atoms with Crippen LogP contribution in [-0.2, 0) is 30.3 Å². The van der Waals surface area contributed by atoms with Gasteiger partial charge in [-0.1, -0.05) is 36.4 Å². The van der Waals surface area contributed by atoms with Crippen LogP contribution in [-0.4, -0.2) is 54.8 Å². The van der Waals surface area contributed by atoms with E-state index in [0.717, 1.165) is 5.56 Å². The molecule has 1 aromatic rings. The highest BCUT2D eigenvalue weighted by molar-refractivity contribution is 5.14. The molecule has 0 radical (unpaired) electrons. The standard InChI is InChI=1S/C17H20O6/c1-2-8-19-14-12-11(18)13-15(16(14)23-17(21-12)22-13)20-9-10-6-4-3-5-7-10/h2-7,11-18H,1,8-9H2/t11-,12+,13-,14-,15+,16+,17?/m0/s1. The highest BCUT2D eigenvalue weighted by Gasteiger charge is 2.62. The lowest BCUT2D eigenvalue weighted by Gasteiger charge is -2.57. The van der Waals surface area contributed by atoms with Gasteiger partial charge in [-0.2, -0.15) is 0 Å². The molecule has 4 bridgehead atoms. The van der Waals surface area contributed by atoms with Gasteiger partial charge in [0.25, 0.3) is 6.48 Å². The van der Waals surface area contributed by atoms with Gasteiger partial charge in [0.15, 0.2) is 0 Å². The van der Waals surface area contributed by atoms with Gasteiger partial charge in [0.2, 0.25) is 0 Å². The first-order valence-corrected chi connectivity index (χ1v) is 7.80. The highest BCUT2D eigenvalue weighted by atomic mass is 16.9. The first-order chi connectivity index (χ1) is 11.3. The number of aliphatic hydroxyl groups is 1. The molecule has 0 amide bonds. The molecule has 1 aromatic carbocycles. The second-order valence-electron chi connectivity index (χ2n) is 5.93. The van der Waals surface area contributed by atoms with Gasteiger partial charge < -0.3 is 28.8 Å². The molecule has 5 rings (SSSR count). The number of ether oxygens (including phenoxy) is 5. The lowest BCUT2D eigenvalue weighted by atomic mass is 9.82. The second kappa shape index (κ2) is 6.32. The summed E-state index contributed by atoms with van der Waals surface area (Å²) in [5.41, 5.74) is 1.05. The lowest BCUT2D eigenvalue weighted by molar-refractivity contribution is -0.486. The van der Waals surface area contributed by atoms with Crippen LogP contribution in [0.2, 0.25) is 0 Å². The number of hydrogen-bond donors (Lipinski definition) is 1. The quantitative estimate of drug-likeness (QED) is 0.789. The van der Waals surface area contributed by atoms with E-state index in [-0.39, 0.29) is 6.10 Å². The van der Waals surface area contributed by atoms with E-state index in [1.807, 2.05) is 30.3 Å². The lowest BCUT2D eigenvalue weighted by Crippen LogP contribution is -2.75. The predicted molar refractivity (Wildman–Crippen MR) is 79.4 cm³/mol. The van der Waals surface area contributed by atoms with Crippen molar-refractivity contribution in [2.75, 3.05) is 6.61 Å². The number of hydrogen-bond acceptors (Lipinski definition) is 6. The fourth-order valence-corrected chi connectivity index (χ4v) is 3.41. The summed E-state index contributed by atoms with van der Waals surface area (Å²) in [6, 6.07) is 9.85. The zero-order chi connectivity index (χ0) is 15.8. The number of rotatable bonds is 6. The van der Waals surface area contributed by atoms with Gasteiger partial charge in [-0.15, -0.1) is 6.58 Å². The smallest absolute Gasteiger partial charge is 0.272 e. The Bertz CT molecular complexity index is 549. The van der Waals surface area contributed by atoms with E-state index in [4.69, 9.17) is 23.7 Å². The predicted octanol–water partition coefficient (Wildman–Crippen LogP) is 0.984. The molecule has 23 heavy (non-hydrogen) atoms. The molecule has 1 saturated carbocycles. The molecule has 6 heteroatoms. The first-order valence-electron chi connectivity index (χ1n) is 7.80. The van der Waals surface area contributed by atoms with Crippen molar-refractivity contribution in [2.45, 2.75) is 49.7 Å². The van der Waals surface area contributed by atoms with Crippen LogP contribution >= 0.6 is 0 Å². The third-order valence-corrected chi connectivity index (χ3v) is 4.46. The summed E-state index contributed by atoms with van der Waals surface area (Å²) in [7, 11) is 0. The number of benzene rings is 1. The van der Waals surface area contributed by atoms with E-state index >= 15 is 0 Å². The molecule has 3 aliphatic heterocycles. The van der Waals surface area contributed by atoms with Crippen LogP contribution in [0.25, 0.3) is 0 Å². The zero-order valence-electron chi connectivity index (χ0n) is 12.6. The minimum Gasteiger partial charge on any atom is -0.387 e. The molecule has 1 N–H and O–H groups in total. The molecule has 4 fully saturated rings. The monoisotopic (exact) mass is 320 g/mol. The van der Waals surface area contributed by atoms with Crippen LogP contribution in [0.15, 0.2) is 43.0 Å². The topological polar surface area (TPSA) is 66.4 Å². The Labute approximate surface area is 134 Å². The molecule has 124 valence electrons. The van der Waals surface area contributed by atoms with Gasteiger partial charge >= 0.3 is 0 Å². The molecule has 1 unspecified atom stereocenters. The van der Waals surface area contributed by atoms with Crippen LogP contribution in [0.5, 0.6) is 0 Å². The first kappa shape index (κ1) is 15.3. The summed E-state index contributed by atoms with van der Waals surface area (Å²) in [6.45, 7) is 3.68. The maximum Gasteiger partial charge on any atom is 0.272 e. The molecule has 3 saturated heterocycles. The maximum atomic E-state index is 10.5. The van der Waals surface area contributed by atoms with E-state index in [0.29, 0.717) is 13.2 Å². The van der Waals surface area contributed by atoms with Crippen LogP contribution < -0.4 is 0 Å². The fourth-order valence-electron chi connectivity index (χ4n) is 3.41. The molecule has 6 nitrogen and oxygen atoms in total. The summed E-state index contributed by atoms with van der Waals surface area (Å²) >= 11 is 0. The normalized spacial score (nSPS) is 41.2. The van der Waals surface area contributed by atoms with Crippen LogP contribution in [0.3, 0.4) is 0 Å². The summed E-state index contributed by atoms with van der Waals surface area (Å²) < 4.78 is 28.7. The minimum absolute atomic E-state index is 0.329. The summed E-state index contributed by atoms with van der Waals surface area (Å²) in [4.78, 5) is 0. The Morgan fingerprint density at radius 3 is 2.35 bits per heavy atom. The van der Waals surface area contributed by atoms with Crippen LogP contribution in [0.4, 0.5) is 0 Å². The summed E-state index contributed by atoms with van der Waals surface area (Å²) in [5.74, 6) is 0. The zero-order valence-corrected chi connectivity index (χ0v) is 12.6. The molecule has 0 spiro atoms. The van der Waals surface area contributed by atoms with E-state index in [1.54, 1.807) is 6.08 Å². The van der Waals surface area contributed by atoms with Crippen molar-refractivity contribution in [2.24, 2.45) is 0 Å². The second-order valence-corrected chi connectivity index (χ2v) is 5.93. The molecule has 3 heterocycles. The van der Waals surface area contributed by atoms with Crippen LogP contribution in [0.1, 0.15) is 5.56 Å². The van der Waals surface area contributed by atoms with Crippen molar-refractivity contribution < 1.29 is 28.8 Å². The van der Waals surface area contributed by atoms with Gasteiger partial charge in [-0.05, 0) is 5.56 Å². The molecular weight excluding hydrogens is 300 g/mol. The minimum atomic E-state index is -0.804. The van der Waals surface area contributed by atoms with Crippen molar-refractivity contribution in [3.8, 4) is 0 Å². The van der Waals surface area contributed by atoms with Crippen molar-refractivity contribution in [1.29, 1.82) is 0 Å². The highest BCUT2D eigenvalue weighted by Crippen LogP contribution is 2.42. The molecule has 4 aliphatic rings. The van der Waals surface area contributed by atoms with E-state index in [9.17, 15) is 5.11 Å². The Morgan fingerprint density at radius 1 is 1.00 bits per heavy atom. The number of aliphatic hydroxyl groups excluding tert-OH is 1. The molecule has 0 aromatic heterocycles.